The van der Waals surface area contributed by atoms with E-state index in [0.717, 1.165) is 31.3 Å². The summed E-state index contributed by atoms with van der Waals surface area (Å²) in [6.07, 6.45) is 4.82. The van der Waals surface area contributed by atoms with Crippen LogP contribution in [0.4, 0.5) is 0 Å². The van der Waals surface area contributed by atoms with Crippen molar-refractivity contribution in [2.75, 3.05) is 13.6 Å². The van der Waals surface area contributed by atoms with Gasteiger partial charge in [-0.15, -0.1) is 0 Å². The average Bonchev–Trinajstić information content (AvgIpc) is 2.84. The van der Waals surface area contributed by atoms with Crippen LogP contribution in [0.5, 0.6) is 0 Å². The van der Waals surface area contributed by atoms with Crippen LogP contribution in [0.15, 0.2) is 0 Å². The first-order valence-corrected chi connectivity index (χ1v) is 5.50. The number of nitrogens with zero attached hydrogens (tertiary/aromatic N) is 1. The predicted octanol–water partition coefficient (Wildman–Crippen LogP) is 1.78. The molecular formula is C10H20N2S. The van der Waals surface area contributed by atoms with Crippen LogP contribution >= 0.6 is 12.2 Å². The summed E-state index contributed by atoms with van der Waals surface area (Å²) >= 11 is 4.84. The zero-order valence-electron chi connectivity index (χ0n) is 8.62. The first kappa shape index (κ1) is 10.9. The first-order valence-electron chi connectivity index (χ1n) is 5.10. The van der Waals surface area contributed by atoms with Crippen LogP contribution < -0.4 is 5.73 Å². The van der Waals surface area contributed by atoms with E-state index in [-0.39, 0.29) is 0 Å². The third-order valence-electron chi connectivity index (χ3n) is 2.93. The van der Waals surface area contributed by atoms with E-state index in [1.165, 1.54) is 12.8 Å². The molecule has 0 aromatic heterocycles. The SMILES string of the molecule is CC(C1CC1)N(C)CCCC(N)=S. The van der Waals surface area contributed by atoms with Crippen LogP contribution in [0.3, 0.4) is 0 Å². The molecule has 0 spiro atoms. The third-order valence-corrected chi connectivity index (χ3v) is 3.14. The highest BCUT2D eigenvalue weighted by molar-refractivity contribution is 7.80. The maximum absolute atomic E-state index is 5.44. The molecule has 1 atom stereocenters. The lowest BCUT2D eigenvalue weighted by Crippen LogP contribution is -2.32. The van der Waals surface area contributed by atoms with Gasteiger partial charge in [0, 0.05) is 6.04 Å². The topological polar surface area (TPSA) is 29.3 Å². The summed E-state index contributed by atoms with van der Waals surface area (Å²) in [6.45, 7) is 3.44. The highest BCUT2D eigenvalue weighted by atomic mass is 32.1. The average molecular weight is 200 g/mol. The quantitative estimate of drug-likeness (QED) is 0.663. The van der Waals surface area contributed by atoms with E-state index in [2.05, 4.69) is 18.9 Å². The van der Waals surface area contributed by atoms with E-state index >= 15 is 0 Å². The van der Waals surface area contributed by atoms with E-state index in [0.29, 0.717) is 4.99 Å². The summed E-state index contributed by atoms with van der Waals surface area (Å²) in [6, 6.07) is 0.742. The Morgan fingerprint density at radius 3 is 2.69 bits per heavy atom. The van der Waals surface area contributed by atoms with Gasteiger partial charge in [0.15, 0.2) is 0 Å². The Balaban J connectivity index is 2.09. The minimum absolute atomic E-state index is 0.646. The van der Waals surface area contributed by atoms with Gasteiger partial charge in [0.1, 0.15) is 0 Å². The van der Waals surface area contributed by atoms with Crippen LogP contribution in [0.2, 0.25) is 0 Å². The predicted molar refractivity (Wildman–Crippen MR) is 60.8 cm³/mol. The molecule has 1 fully saturated rings. The van der Waals surface area contributed by atoms with Gasteiger partial charge in [-0.3, -0.25) is 0 Å². The molecule has 1 aliphatic rings. The Morgan fingerprint density at radius 2 is 2.23 bits per heavy atom. The van der Waals surface area contributed by atoms with Crippen molar-refractivity contribution in [2.45, 2.75) is 38.6 Å². The molecule has 2 nitrogen and oxygen atoms in total. The van der Waals surface area contributed by atoms with Crippen molar-refractivity contribution in [1.82, 2.24) is 4.90 Å². The minimum atomic E-state index is 0.646. The van der Waals surface area contributed by atoms with Crippen LogP contribution in [-0.2, 0) is 0 Å². The highest BCUT2D eigenvalue weighted by Crippen LogP contribution is 2.34. The molecule has 2 N–H and O–H groups in total. The molecule has 76 valence electrons. The van der Waals surface area contributed by atoms with E-state index in [9.17, 15) is 0 Å². The fraction of sp³-hybridized carbons (Fsp3) is 0.900. The lowest BCUT2D eigenvalue weighted by atomic mass is 10.2. The molecule has 0 aromatic rings. The second-order valence-corrected chi connectivity index (χ2v) is 4.65. The normalized spacial score (nSPS) is 19.0. The van der Waals surface area contributed by atoms with Gasteiger partial charge in [0.25, 0.3) is 0 Å². The van der Waals surface area contributed by atoms with Crippen molar-refractivity contribution >= 4 is 17.2 Å². The fourth-order valence-electron chi connectivity index (χ4n) is 1.64. The van der Waals surface area contributed by atoms with E-state index in [1.54, 1.807) is 0 Å². The lowest BCUT2D eigenvalue weighted by Gasteiger charge is -2.24. The molecule has 0 saturated heterocycles. The fourth-order valence-corrected chi connectivity index (χ4v) is 1.79. The zero-order chi connectivity index (χ0) is 9.84. The van der Waals surface area contributed by atoms with Gasteiger partial charge in [-0.1, -0.05) is 12.2 Å². The Labute approximate surface area is 86.5 Å². The maximum atomic E-state index is 5.44. The molecule has 0 bridgehead atoms. The molecule has 1 rings (SSSR count). The molecule has 1 saturated carbocycles. The summed E-state index contributed by atoms with van der Waals surface area (Å²) in [4.78, 5) is 3.07. The maximum Gasteiger partial charge on any atom is 0.0727 e. The van der Waals surface area contributed by atoms with Crippen LogP contribution in [-0.4, -0.2) is 29.5 Å². The largest absolute Gasteiger partial charge is 0.393 e. The van der Waals surface area contributed by atoms with Crippen molar-refractivity contribution in [3.63, 3.8) is 0 Å². The third kappa shape index (κ3) is 4.05. The smallest absolute Gasteiger partial charge is 0.0727 e. The molecule has 1 unspecified atom stereocenters. The number of rotatable bonds is 6. The highest BCUT2D eigenvalue weighted by Gasteiger charge is 2.29. The van der Waals surface area contributed by atoms with Gasteiger partial charge >= 0.3 is 0 Å². The van der Waals surface area contributed by atoms with Crippen molar-refractivity contribution in [3.8, 4) is 0 Å². The minimum Gasteiger partial charge on any atom is -0.393 e. The molecule has 13 heavy (non-hydrogen) atoms. The Bertz CT molecular complexity index is 178. The van der Waals surface area contributed by atoms with Crippen LogP contribution in [0, 0.1) is 5.92 Å². The summed E-state index contributed by atoms with van der Waals surface area (Å²) in [5, 5.41) is 0. The van der Waals surface area contributed by atoms with Crippen molar-refractivity contribution in [3.05, 3.63) is 0 Å². The standard InChI is InChI=1S/C10H20N2S/c1-8(9-5-6-9)12(2)7-3-4-10(11)13/h8-9H,3-7H2,1-2H3,(H2,11,13). The van der Waals surface area contributed by atoms with Gasteiger partial charge in [-0.25, -0.2) is 0 Å². The Morgan fingerprint density at radius 1 is 1.62 bits per heavy atom. The lowest BCUT2D eigenvalue weighted by molar-refractivity contribution is 0.233. The summed E-state index contributed by atoms with van der Waals surface area (Å²) in [5.74, 6) is 0.954. The van der Waals surface area contributed by atoms with E-state index in [1.807, 2.05) is 0 Å². The molecular weight excluding hydrogens is 180 g/mol. The van der Waals surface area contributed by atoms with Crippen molar-refractivity contribution in [1.29, 1.82) is 0 Å². The molecule has 3 heteroatoms. The molecule has 0 aromatic carbocycles. The number of hydrogen-bond donors (Lipinski definition) is 1. The summed E-state index contributed by atoms with van der Waals surface area (Å²) < 4.78 is 0. The van der Waals surface area contributed by atoms with Crippen molar-refractivity contribution < 1.29 is 0 Å². The summed E-state index contributed by atoms with van der Waals surface area (Å²) in [7, 11) is 2.20. The van der Waals surface area contributed by atoms with Gasteiger partial charge in [-0.2, -0.15) is 0 Å². The van der Waals surface area contributed by atoms with Gasteiger partial charge in [0.05, 0.1) is 4.99 Å². The molecule has 0 amide bonds. The van der Waals surface area contributed by atoms with Crippen molar-refractivity contribution in [2.24, 2.45) is 11.7 Å². The van der Waals surface area contributed by atoms with E-state index in [4.69, 9.17) is 18.0 Å². The number of thiocarbonyl (C=S) groups is 1. The first-order chi connectivity index (χ1) is 6.11. The van der Waals surface area contributed by atoms with Gasteiger partial charge < -0.3 is 10.6 Å². The molecule has 0 radical (unpaired) electrons. The Kier molecular flexibility index (Phi) is 4.13. The molecule has 0 aliphatic heterocycles. The van der Waals surface area contributed by atoms with Crippen LogP contribution in [0.25, 0.3) is 0 Å². The Hall–Kier alpha value is -0.150. The monoisotopic (exact) mass is 200 g/mol. The van der Waals surface area contributed by atoms with Gasteiger partial charge in [0.2, 0.25) is 0 Å². The molecule has 0 heterocycles. The number of hydrogen-bond acceptors (Lipinski definition) is 2. The molecule has 1 aliphatic carbocycles. The summed E-state index contributed by atoms with van der Waals surface area (Å²) in [5.41, 5.74) is 5.44. The second kappa shape index (κ2) is 4.91. The second-order valence-electron chi connectivity index (χ2n) is 4.13. The van der Waals surface area contributed by atoms with Gasteiger partial charge in [-0.05, 0) is 52.1 Å². The number of nitrogens with two attached hydrogens (primary N) is 1. The van der Waals surface area contributed by atoms with Crippen LogP contribution in [0.1, 0.15) is 32.6 Å². The zero-order valence-corrected chi connectivity index (χ0v) is 9.44. The van der Waals surface area contributed by atoms with E-state index < -0.39 is 0 Å².